The zero-order valence-corrected chi connectivity index (χ0v) is 18.4. The summed E-state index contributed by atoms with van der Waals surface area (Å²) in [7, 11) is 0. The van der Waals surface area contributed by atoms with Crippen molar-refractivity contribution in [2.24, 2.45) is 0 Å². The maximum atomic E-state index is 12.3. The lowest BCUT2D eigenvalue weighted by Crippen LogP contribution is -2.36. The molecule has 0 aliphatic heterocycles. The van der Waals surface area contributed by atoms with Crippen LogP contribution in [-0.4, -0.2) is 41.2 Å². The van der Waals surface area contributed by atoms with Crippen LogP contribution in [-0.2, 0) is 16.0 Å². The van der Waals surface area contributed by atoms with Crippen molar-refractivity contribution in [1.29, 1.82) is 0 Å². The molecule has 4 aromatic rings. The zero-order valence-electron chi connectivity index (χ0n) is 18.4. The van der Waals surface area contributed by atoms with Crippen molar-refractivity contribution in [3.8, 4) is 22.4 Å². The molecular weight excluding hydrogens is 461 g/mol. The zero-order chi connectivity index (χ0) is 24.8. The van der Waals surface area contributed by atoms with Crippen LogP contribution in [0.3, 0.4) is 0 Å². The number of fused-ring (bicyclic) bond motifs is 1. The highest BCUT2D eigenvalue weighted by Gasteiger charge is 2.27. The Morgan fingerprint density at radius 3 is 2.57 bits per heavy atom. The number of ether oxygens (including phenoxy) is 1. The second-order valence-electron chi connectivity index (χ2n) is 7.70. The van der Waals surface area contributed by atoms with Crippen LogP contribution < -0.4 is 10.6 Å². The van der Waals surface area contributed by atoms with E-state index in [1.807, 2.05) is 53.1 Å². The van der Waals surface area contributed by atoms with Gasteiger partial charge in [-0.2, -0.15) is 13.2 Å². The molecule has 2 aromatic carbocycles. The van der Waals surface area contributed by atoms with Crippen molar-refractivity contribution in [3.63, 3.8) is 0 Å². The summed E-state index contributed by atoms with van der Waals surface area (Å²) < 4.78 is 43.5. The number of rotatable bonds is 8. The number of amides is 2. The first-order valence-electron chi connectivity index (χ1n) is 10.7. The molecule has 4 rings (SSSR count). The molecule has 2 aromatic heterocycles. The van der Waals surface area contributed by atoms with Crippen LogP contribution in [0.2, 0.25) is 0 Å². The first-order valence-corrected chi connectivity index (χ1v) is 10.7. The lowest BCUT2D eigenvalue weighted by Gasteiger charge is -2.11. The Morgan fingerprint density at radius 2 is 1.83 bits per heavy atom. The minimum atomic E-state index is -4.48. The molecule has 0 fully saturated rings. The van der Waals surface area contributed by atoms with Crippen LogP contribution in [0.25, 0.3) is 28.0 Å². The molecule has 0 saturated heterocycles. The number of halogens is 3. The van der Waals surface area contributed by atoms with Crippen molar-refractivity contribution in [1.82, 2.24) is 14.7 Å². The fourth-order valence-electron chi connectivity index (χ4n) is 3.57. The van der Waals surface area contributed by atoms with Gasteiger partial charge in [-0.05, 0) is 41.0 Å². The number of nitrogens with one attached hydrogen (secondary N) is 2. The van der Waals surface area contributed by atoms with Crippen LogP contribution in [0.1, 0.15) is 5.56 Å². The van der Waals surface area contributed by atoms with Crippen molar-refractivity contribution < 1.29 is 27.5 Å². The van der Waals surface area contributed by atoms with Crippen LogP contribution in [0.5, 0.6) is 0 Å². The number of imidazole rings is 1. The number of carbonyl (C=O) groups is 2. The van der Waals surface area contributed by atoms with Crippen molar-refractivity contribution in [2.45, 2.75) is 12.6 Å². The van der Waals surface area contributed by atoms with E-state index in [9.17, 15) is 22.8 Å². The molecule has 180 valence electrons. The van der Waals surface area contributed by atoms with E-state index in [4.69, 9.17) is 4.74 Å². The molecule has 0 atom stereocenters. The number of urea groups is 1. The predicted octanol–water partition coefficient (Wildman–Crippen LogP) is 5.07. The Labute approximate surface area is 198 Å². The van der Waals surface area contributed by atoms with Gasteiger partial charge in [0.05, 0.1) is 18.5 Å². The summed E-state index contributed by atoms with van der Waals surface area (Å²) in [6.07, 6.45) is -0.269. The van der Waals surface area contributed by atoms with Crippen LogP contribution in [0.15, 0.2) is 73.1 Å². The number of carbonyl (C=O) groups excluding carboxylic acids is 2. The number of hydrogen-bond donors (Lipinski definition) is 2. The van der Waals surface area contributed by atoms with Gasteiger partial charge in [-0.1, -0.05) is 36.4 Å². The fourth-order valence-corrected chi connectivity index (χ4v) is 3.57. The summed E-state index contributed by atoms with van der Waals surface area (Å²) in [5.74, 6) is 0. The average molecular weight is 482 g/mol. The van der Waals surface area contributed by atoms with Crippen LogP contribution in [0.4, 0.5) is 23.7 Å². The SMILES string of the molecule is O=COCCc1ccc(-c2ccn3c(-c4cccc(NC(=O)NCC(F)(F)F)c4)cnc3c2)cc1. The van der Waals surface area contributed by atoms with Gasteiger partial charge < -0.3 is 15.4 Å². The highest BCUT2D eigenvalue weighted by molar-refractivity contribution is 5.90. The highest BCUT2D eigenvalue weighted by atomic mass is 19.4. The first-order chi connectivity index (χ1) is 16.8. The highest BCUT2D eigenvalue weighted by Crippen LogP contribution is 2.27. The van der Waals surface area contributed by atoms with Crippen molar-refractivity contribution in [2.75, 3.05) is 18.5 Å². The van der Waals surface area contributed by atoms with Gasteiger partial charge in [-0.15, -0.1) is 0 Å². The minimum Gasteiger partial charge on any atom is -0.468 e. The Kier molecular flexibility index (Phi) is 7.00. The fraction of sp³-hybridized carbons (Fsp3) is 0.160. The third-order valence-corrected chi connectivity index (χ3v) is 5.24. The molecule has 0 spiro atoms. The lowest BCUT2D eigenvalue weighted by molar-refractivity contribution is -0.128. The molecule has 0 aliphatic carbocycles. The maximum Gasteiger partial charge on any atom is 0.405 e. The van der Waals surface area contributed by atoms with Gasteiger partial charge in [0, 0.05) is 23.9 Å². The van der Waals surface area contributed by atoms with Crippen molar-refractivity contribution in [3.05, 3.63) is 78.6 Å². The molecule has 0 unspecified atom stereocenters. The number of hydrogen-bond acceptors (Lipinski definition) is 4. The molecule has 0 saturated carbocycles. The maximum absolute atomic E-state index is 12.3. The van der Waals surface area contributed by atoms with Gasteiger partial charge in [0.25, 0.3) is 6.47 Å². The molecule has 0 aliphatic rings. The summed E-state index contributed by atoms with van der Waals surface area (Å²) in [5, 5.41) is 4.19. The summed E-state index contributed by atoms with van der Waals surface area (Å²) >= 11 is 0. The van der Waals surface area contributed by atoms with Gasteiger partial charge in [-0.25, -0.2) is 9.78 Å². The lowest BCUT2D eigenvalue weighted by atomic mass is 10.0. The van der Waals surface area contributed by atoms with Crippen LogP contribution >= 0.6 is 0 Å². The number of nitrogens with zero attached hydrogens (tertiary/aromatic N) is 2. The summed E-state index contributed by atoms with van der Waals surface area (Å²) in [4.78, 5) is 26.5. The normalized spacial score (nSPS) is 11.3. The third-order valence-electron chi connectivity index (χ3n) is 5.24. The monoisotopic (exact) mass is 482 g/mol. The number of anilines is 1. The standard InChI is InChI=1S/C25H21F3N4O3/c26-25(27,28)15-30-24(34)31-21-3-1-2-20(12-21)22-14-29-23-13-19(8-10-32(22)23)18-6-4-17(5-7-18)9-11-35-16-33/h1-8,10,12-14,16H,9,11,15H2,(H2,30,31,34). The van der Waals surface area contributed by atoms with Gasteiger partial charge in [0.1, 0.15) is 12.2 Å². The summed E-state index contributed by atoms with van der Waals surface area (Å²) in [5.41, 5.74) is 5.60. The molecule has 35 heavy (non-hydrogen) atoms. The van der Waals surface area contributed by atoms with Gasteiger partial charge >= 0.3 is 12.2 Å². The van der Waals surface area contributed by atoms with E-state index in [1.165, 1.54) is 0 Å². The van der Waals surface area contributed by atoms with Gasteiger partial charge in [-0.3, -0.25) is 9.20 Å². The van der Waals surface area contributed by atoms with E-state index in [0.29, 0.717) is 30.8 Å². The average Bonchev–Trinajstić information content (AvgIpc) is 3.26. The Bertz CT molecular complexity index is 1330. The molecule has 0 bridgehead atoms. The van der Waals surface area contributed by atoms with Crippen molar-refractivity contribution >= 4 is 23.8 Å². The molecule has 2 N–H and O–H groups in total. The second-order valence-corrected chi connectivity index (χ2v) is 7.70. The van der Waals surface area contributed by atoms with E-state index in [2.05, 4.69) is 10.3 Å². The molecule has 0 radical (unpaired) electrons. The topological polar surface area (TPSA) is 84.7 Å². The number of aromatic nitrogens is 2. The number of alkyl halides is 3. The van der Waals surface area contributed by atoms with E-state index in [0.717, 1.165) is 27.9 Å². The Balaban J connectivity index is 1.50. The molecular formula is C25H21F3N4O3. The minimum absolute atomic E-state index is 0.334. The summed E-state index contributed by atoms with van der Waals surface area (Å²) in [6, 6.07) is 17.7. The molecule has 2 amide bonds. The first kappa shape index (κ1) is 23.8. The van der Waals surface area contributed by atoms with E-state index in [1.54, 1.807) is 29.7 Å². The second kappa shape index (κ2) is 10.3. The Morgan fingerprint density at radius 1 is 1.03 bits per heavy atom. The van der Waals surface area contributed by atoms with E-state index >= 15 is 0 Å². The summed E-state index contributed by atoms with van der Waals surface area (Å²) in [6.45, 7) is -0.642. The number of pyridine rings is 1. The van der Waals surface area contributed by atoms with Gasteiger partial charge in [0.2, 0.25) is 0 Å². The largest absolute Gasteiger partial charge is 0.468 e. The smallest absolute Gasteiger partial charge is 0.405 e. The third kappa shape index (κ3) is 6.17. The van der Waals surface area contributed by atoms with E-state index in [-0.39, 0.29) is 0 Å². The Hall–Kier alpha value is -4.34. The molecule has 10 heteroatoms. The molecule has 2 heterocycles. The number of benzene rings is 2. The van der Waals surface area contributed by atoms with Crippen LogP contribution in [0, 0.1) is 0 Å². The van der Waals surface area contributed by atoms with E-state index < -0.39 is 18.8 Å². The van der Waals surface area contributed by atoms with Gasteiger partial charge in [0.15, 0.2) is 0 Å². The molecule has 7 nitrogen and oxygen atoms in total. The predicted molar refractivity (Wildman–Crippen MR) is 125 cm³/mol. The quantitative estimate of drug-likeness (QED) is 0.271.